The highest BCUT2D eigenvalue weighted by molar-refractivity contribution is 7.90. The number of hydrogen-bond acceptors (Lipinski definition) is 8. The van der Waals surface area contributed by atoms with Gasteiger partial charge in [0, 0.05) is 35.7 Å². The lowest BCUT2D eigenvalue weighted by Crippen LogP contribution is -2.41. The molecular weight excluding hydrogens is 522 g/mol. The molecule has 4 rings (SSSR count). The number of piperidine rings is 1. The number of sulfone groups is 1. The smallest absolute Gasteiger partial charge is 0.243 e. The van der Waals surface area contributed by atoms with E-state index in [4.69, 9.17) is 4.74 Å². The Labute approximate surface area is 215 Å². The molecule has 0 aliphatic carbocycles. The molecule has 1 aliphatic rings. The first-order valence-corrected chi connectivity index (χ1v) is 15.4. The summed E-state index contributed by atoms with van der Waals surface area (Å²) >= 11 is 1.39. The number of hydrogen-bond donors (Lipinski definition) is 1. The van der Waals surface area contributed by atoms with Crippen LogP contribution in [0, 0.1) is 12.8 Å². The van der Waals surface area contributed by atoms with Crippen molar-refractivity contribution in [2.45, 2.75) is 29.6 Å². The Morgan fingerprint density at radius 2 is 1.58 bits per heavy atom. The number of nitrogens with zero attached hydrogens (tertiary/aromatic N) is 2. The summed E-state index contributed by atoms with van der Waals surface area (Å²) in [5.74, 6) is 0.233. The van der Waals surface area contributed by atoms with Crippen molar-refractivity contribution in [3.8, 4) is 17.0 Å². The second-order valence-electron chi connectivity index (χ2n) is 8.56. The number of aryl methyl sites for hydroxylation is 1. The lowest BCUT2D eigenvalue weighted by atomic mass is 9.97. The van der Waals surface area contributed by atoms with E-state index in [0.29, 0.717) is 18.0 Å². The van der Waals surface area contributed by atoms with E-state index in [9.17, 15) is 21.6 Å². The van der Waals surface area contributed by atoms with Crippen LogP contribution in [0.2, 0.25) is 0 Å². The third-order valence-electron chi connectivity index (χ3n) is 6.10. The lowest BCUT2D eigenvalue weighted by molar-refractivity contribution is -0.120. The molecule has 0 unspecified atom stereocenters. The first-order valence-electron chi connectivity index (χ1n) is 11.2. The van der Waals surface area contributed by atoms with Crippen LogP contribution < -0.4 is 10.1 Å². The second kappa shape index (κ2) is 10.3. The maximum Gasteiger partial charge on any atom is 0.243 e. The Bertz CT molecular complexity index is 1460. The van der Waals surface area contributed by atoms with Crippen molar-refractivity contribution in [1.29, 1.82) is 0 Å². The number of methoxy groups -OCH3 is 1. The van der Waals surface area contributed by atoms with Gasteiger partial charge in [0.1, 0.15) is 5.75 Å². The second-order valence-corrected chi connectivity index (χ2v) is 13.7. The average Bonchev–Trinajstić information content (AvgIpc) is 3.23. The number of carbonyl (C=O) groups excluding carboxylic acids is 1. The fourth-order valence-corrected chi connectivity index (χ4v) is 6.98. The summed E-state index contributed by atoms with van der Waals surface area (Å²) in [6.45, 7) is 2.34. The maximum absolute atomic E-state index is 13.0. The zero-order valence-corrected chi connectivity index (χ0v) is 22.5. The van der Waals surface area contributed by atoms with E-state index in [0.717, 1.165) is 28.1 Å². The molecule has 1 saturated heterocycles. The summed E-state index contributed by atoms with van der Waals surface area (Å²) in [6.07, 6.45) is 1.82. The molecule has 0 bridgehead atoms. The Morgan fingerprint density at radius 3 is 2.14 bits per heavy atom. The van der Waals surface area contributed by atoms with Gasteiger partial charge < -0.3 is 10.1 Å². The van der Waals surface area contributed by atoms with E-state index in [2.05, 4.69) is 10.3 Å². The van der Waals surface area contributed by atoms with Crippen LogP contribution in [-0.4, -0.2) is 58.5 Å². The number of rotatable bonds is 7. The van der Waals surface area contributed by atoms with Crippen LogP contribution >= 0.6 is 11.3 Å². The zero-order chi connectivity index (χ0) is 26.1. The molecule has 2 aromatic carbocycles. The van der Waals surface area contributed by atoms with Gasteiger partial charge in [-0.3, -0.25) is 4.79 Å². The quantitative estimate of drug-likeness (QED) is 0.478. The number of carbonyl (C=O) groups is 1. The summed E-state index contributed by atoms with van der Waals surface area (Å²) in [6, 6.07) is 12.7. The van der Waals surface area contributed by atoms with Gasteiger partial charge >= 0.3 is 0 Å². The van der Waals surface area contributed by atoms with Crippen LogP contribution in [0.5, 0.6) is 5.75 Å². The minimum Gasteiger partial charge on any atom is -0.497 e. The molecule has 1 aliphatic heterocycles. The van der Waals surface area contributed by atoms with Crippen molar-refractivity contribution >= 4 is 42.2 Å². The number of amides is 1. The number of anilines is 1. The van der Waals surface area contributed by atoms with Gasteiger partial charge in [-0.15, -0.1) is 11.3 Å². The molecule has 192 valence electrons. The standard InChI is InChI=1S/C24H27N3O6S3/c1-16-22(17-4-6-19(33-2)7-5-17)25-24(34-16)26-23(28)18-12-14-27(15-13-18)36(31,32)21-10-8-20(9-11-21)35(3,29)30/h4-11,18H,12-15H2,1-3H3,(H,25,26,28). The Kier molecular flexibility index (Phi) is 7.51. The number of sulfonamides is 1. The van der Waals surface area contributed by atoms with Gasteiger partial charge in [0.05, 0.1) is 22.6 Å². The van der Waals surface area contributed by atoms with E-state index >= 15 is 0 Å². The summed E-state index contributed by atoms with van der Waals surface area (Å²) < 4.78 is 55.8. The number of aromatic nitrogens is 1. The third kappa shape index (κ3) is 5.61. The fourth-order valence-electron chi connectivity index (χ4n) is 4.04. The van der Waals surface area contributed by atoms with Crippen molar-refractivity contribution < 1.29 is 26.4 Å². The Balaban J connectivity index is 1.38. The van der Waals surface area contributed by atoms with Crippen LogP contribution in [0.1, 0.15) is 17.7 Å². The van der Waals surface area contributed by atoms with E-state index in [1.807, 2.05) is 31.2 Å². The van der Waals surface area contributed by atoms with E-state index < -0.39 is 19.9 Å². The normalized spacial score (nSPS) is 15.5. The van der Waals surface area contributed by atoms with Gasteiger partial charge in [-0.2, -0.15) is 4.31 Å². The van der Waals surface area contributed by atoms with Gasteiger partial charge in [0.15, 0.2) is 15.0 Å². The highest BCUT2D eigenvalue weighted by atomic mass is 32.2. The van der Waals surface area contributed by atoms with E-state index in [1.54, 1.807) is 7.11 Å². The predicted molar refractivity (Wildman–Crippen MR) is 139 cm³/mol. The van der Waals surface area contributed by atoms with Crippen LogP contribution in [0.25, 0.3) is 11.3 Å². The maximum atomic E-state index is 13.0. The predicted octanol–water partition coefficient (Wildman–Crippen LogP) is 3.57. The molecule has 12 heteroatoms. The molecule has 0 saturated carbocycles. The van der Waals surface area contributed by atoms with Crippen molar-refractivity contribution in [1.82, 2.24) is 9.29 Å². The summed E-state index contributed by atoms with van der Waals surface area (Å²) in [5.41, 5.74) is 1.72. The third-order valence-corrected chi connectivity index (χ3v) is 10.0. The molecule has 1 fully saturated rings. The Morgan fingerprint density at radius 1 is 1.00 bits per heavy atom. The summed E-state index contributed by atoms with van der Waals surface area (Å²) in [7, 11) is -5.59. The minimum atomic E-state index is -3.78. The number of thiazole rings is 1. The van der Waals surface area contributed by atoms with Gasteiger partial charge in [-0.25, -0.2) is 21.8 Å². The molecular formula is C24H27N3O6S3. The van der Waals surface area contributed by atoms with Gasteiger partial charge in [0.25, 0.3) is 0 Å². The molecule has 2 heterocycles. The molecule has 9 nitrogen and oxygen atoms in total. The monoisotopic (exact) mass is 549 g/mol. The Hall–Kier alpha value is -2.80. The van der Waals surface area contributed by atoms with Gasteiger partial charge in [-0.05, 0) is 68.3 Å². The summed E-state index contributed by atoms with van der Waals surface area (Å²) in [5, 5.41) is 3.39. The van der Waals surface area contributed by atoms with Gasteiger partial charge in [0.2, 0.25) is 15.9 Å². The largest absolute Gasteiger partial charge is 0.497 e. The topological polar surface area (TPSA) is 123 Å². The van der Waals surface area contributed by atoms with Gasteiger partial charge in [-0.1, -0.05) is 0 Å². The number of ether oxygens (including phenoxy) is 1. The number of benzene rings is 2. The minimum absolute atomic E-state index is 0.0297. The molecule has 3 aromatic rings. The number of nitrogens with one attached hydrogen (secondary N) is 1. The highest BCUT2D eigenvalue weighted by Crippen LogP contribution is 2.32. The van der Waals surface area contributed by atoms with E-state index in [-0.39, 0.29) is 34.7 Å². The molecule has 36 heavy (non-hydrogen) atoms. The SMILES string of the molecule is COc1ccc(-c2nc(NC(=O)C3CCN(S(=O)(=O)c4ccc(S(C)(=O)=O)cc4)CC3)sc2C)cc1. The molecule has 1 amide bonds. The van der Waals surface area contributed by atoms with Crippen molar-refractivity contribution in [2.24, 2.45) is 5.92 Å². The van der Waals surface area contributed by atoms with E-state index in [1.165, 1.54) is 39.9 Å². The van der Waals surface area contributed by atoms with Crippen molar-refractivity contribution in [2.75, 3.05) is 31.8 Å². The van der Waals surface area contributed by atoms with Crippen LogP contribution in [0.15, 0.2) is 58.3 Å². The molecule has 1 aromatic heterocycles. The molecule has 0 radical (unpaired) electrons. The van der Waals surface area contributed by atoms with Crippen molar-refractivity contribution in [3.05, 3.63) is 53.4 Å². The first kappa shape index (κ1) is 26.3. The lowest BCUT2D eigenvalue weighted by Gasteiger charge is -2.30. The van der Waals surface area contributed by atoms with Crippen LogP contribution in [-0.2, 0) is 24.7 Å². The van der Waals surface area contributed by atoms with Crippen LogP contribution in [0.3, 0.4) is 0 Å². The first-order chi connectivity index (χ1) is 17.0. The van der Waals surface area contributed by atoms with Crippen molar-refractivity contribution in [3.63, 3.8) is 0 Å². The molecule has 0 atom stereocenters. The average molecular weight is 550 g/mol. The molecule has 0 spiro atoms. The van der Waals surface area contributed by atoms with Crippen LogP contribution in [0.4, 0.5) is 5.13 Å². The zero-order valence-electron chi connectivity index (χ0n) is 20.1. The molecule has 1 N–H and O–H groups in total. The highest BCUT2D eigenvalue weighted by Gasteiger charge is 2.32. The summed E-state index contributed by atoms with van der Waals surface area (Å²) in [4.78, 5) is 18.5. The fraction of sp³-hybridized carbons (Fsp3) is 0.333.